The van der Waals surface area contributed by atoms with Crippen LogP contribution in [0, 0.1) is 0 Å². The summed E-state index contributed by atoms with van der Waals surface area (Å²) in [5.74, 6) is -0.684. The van der Waals surface area contributed by atoms with Crippen LogP contribution in [0.5, 0.6) is 0 Å². The topological polar surface area (TPSA) is 169 Å². The lowest BCUT2D eigenvalue weighted by Crippen LogP contribution is -2.28. The van der Waals surface area contributed by atoms with Crippen molar-refractivity contribution in [3.63, 3.8) is 0 Å². The number of hydrogen-bond donors (Lipinski definition) is 3. The van der Waals surface area contributed by atoms with Crippen LogP contribution in [0.2, 0.25) is 0 Å². The van der Waals surface area contributed by atoms with E-state index < -0.39 is 41.2 Å². The van der Waals surface area contributed by atoms with E-state index in [1.807, 2.05) is 50.3 Å². The Labute approximate surface area is 311 Å². The molecular weight excluding hydrogens is 737 g/mol. The fourth-order valence-corrected chi connectivity index (χ4v) is 10.0. The molecule has 0 spiro atoms. The smallest absolute Gasteiger partial charge is 0.295 e. The maximum Gasteiger partial charge on any atom is 0.295 e. The fraction of sp³-hybridized carbons (Fsp3) is 0.359. The maximum atomic E-state index is 12.3. The van der Waals surface area contributed by atoms with Gasteiger partial charge in [-0.15, -0.1) is 0 Å². The summed E-state index contributed by atoms with van der Waals surface area (Å²) < 4.78 is 101. The number of fused-ring (bicyclic) bond motifs is 6. The van der Waals surface area contributed by atoms with Crippen LogP contribution in [0.3, 0.4) is 0 Å². The van der Waals surface area contributed by atoms with Gasteiger partial charge in [-0.2, -0.15) is 29.8 Å². The minimum atomic E-state index is -4.50. The normalized spacial score (nSPS) is 17.8. The highest BCUT2D eigenvalue weighted by atomic mass is 32.2. The largest absolute Gasteiger partial charge is 0.344 e. The molecule has 2 heterocycles. The minimum absolute atomic E-state index is 0.186. The molecule has 53 heavy (non-hydrogen) atoms. The van der Waals surface area contributed by atoms with Crippen molar-refractivity contribution in [3.05, 3.63) is 102 Å². The van der Waals surface area contributed by atoms with Crippen LogP contribution in [0.4, 0.5) is 11.4 Å². The van der Waals surface area contributed by atoms with Gasteiger partial charge in [0.1, 0.15) is 11.4 Å². The second kappa shape index (κ2) is 14.1. The van der Waals surface area contributed by atoms with E-state index in [1.54, 1.807) is 12.1 Å². The third kappa shape index (κ3) is 7.71. The van der Waals surface area contributed by atoms with Gasteiger partial charge in [0.15, 0.2) is 5.71 Å². The van der Waals surface area contributed by atoms with Gasteiger partial charge in [0, 0.05) is 52.9 Å². The first-order chi connectivity index (χ1) is 24.7. The standard InChI is InChI=1S/C39H44N2O9S3/c1-38(2)34(40(23-7-9-25-51(42,43)44)31-21-19-27-13-5-6-14-28(27)36(31)38)17-12-18-35-39(3,4)37-30-15-11-16-33(53(48,49)50)29(30)20-22-32(37)41(35)24-8-10-26-52(45,46)47/h5-6,11-22H,7-10,23-26H2,1-4H3,(H2-,42,43,44,45,46,47,48,49,50)/p+1. The highest BCUT2D eigenvalue weighted by Crippen LogP contribution is 2.51. The Morgan fingerprint density at radius 1 is 0.679 bits per heavy atom. The van der Waals surface area contributed by atoms with E-state index in [-0.39, 0.29) is 22.8 Å². The molecule has 0 radical (unpaired) electrons. The molecule has 0 fully saturated rings. The zero-order chi connectivity index (χ0) is 38.6. The third-order valence-electron chi connectivity index (χ3n) is 10.5. The van der Waals surface area contributed by atoms with Crippen molar-refractivity contribution in [2.24, 2.45) is 0 Å². The average molecular weight is 782 g/mol. The summed E-state index contributed by atoms with van der Waals surface area (Å²) in [6.07, 6.45) is 7.57. The number of benzene rings is 4. The summed E-state index contributed by atoms with van der Waals surface area (Å²) in [4.78, 5) is 2.03. The van der Waals surface area contributed by atoms with Crippen molar-refractivity contribution in [3.8, 4) is 0 Å². The summed E-state index contributed by atoms with van der Waals surface area (Å²) in [5.41, 5.74) is 4.67. The molecule has 11 nitrogen and oxygen atoms in total. The van der Waals surface area contributed by atoms with E-state index in [9.17, 15) is 38.9 Å². The van der Waals surface area contributed by atoms with E-state index in [0.717, 1.165) is 44.7 Å². The third-order valence-corrected chi connectivity index (χ3v) is 13.0. The Morgan fingerprint density at radius 2 is 1.34 bits per heavy atom. The van der Waals surface area contributed by atoms with Gasteiger partial charge in [-0.05, 0) is 79.1 Å². The van der Waals surface area contributed by atoms with E-state index in [1.165, 1.54) is 6.07 Å². The number of unbranched alkanes of at least 4 members (excludes halogenated alkanes) is 2. The molecule has 0 saturated heterocycles. The van der Waals surface area contributed by atoms with Crippen molar-refractivity contribution in [1.82, 2.24) is 0 Å². The molecule has 0 bridgehead atoms. The first-order valence-corrected chi connectivity index (χ1v) is 22.2. The van der Waals surface area contributed by atoms with Crippen LogP contribution in [-0.4, -0.2) is 73.8 Å². The van der Waals surface area contributed by atoms with Crippen molar-refractivity contribution in [1.29, 1.82) is 0 Å². The monoisotopic (exact) mass is 781 g/mol. The molecule has 14 heteroatoms. The molecule has 0 amide bonds. The van der Waals surface area contributed by atoms with Crippen molar-refractivity contribution in [2.45, 2.75) is 69.1 Å². The van der Waals surface area contributed by atoms with E-state index in [2.05, 4.69) is 53.7 Å². The fourth-order valence-electron chi connectivity index (χ4n) is 8.17. The molecule has 4 aromatic carbocycles. The highest BCUT2D eigenvalue weighted by Gasteiger charge is 2.46. The zero-order valence-electron chi connectivity index (χ0n) is 30.2. The summed E-state index contributed by atoms with van der Waals surface area (Å²) in [5, 5.41) is 3.29. The van der Waals surface area contributed by atoms with Gasteiger partial charge in [0.25, 0.3) is 30.4 Å². The lowest BCUT2D eigenvalue weighted by atomic mass is 9.79. The van der Waals surface area contributed by atoms with Gasteiger partial charge < -0.3 is 4.90 Å². The molecule has 6 rings (SSSR count). The molecular formula is C39H45N2O9S3+. The molecule has 2 aliphatic heterocycles. The molecule has 0 saturated carbocycles. The average Bonchev–Trinajstić information content (AvgIpc) is 3.42. The Hall–Kier alpha value is -3.92. The van der Waals surface area contributed by atoms with Gasteiger partial charge in [0.05, 0.1) is 16.9 Å². The lowest BCUT2D eigenvalue weighted by Gasteiger charge is -2.27. The number of hydrogen-bond acceptors (Lipinski definition) is 7. The van der Waals surface area contributed by atoms with Crippen molar-refractivity contribution >= 4 is 69.0 Å². The van der Waals surface area contributed by atoms with Crippen LogP contribution in [-0.2, 0) is 41.2 Å². The molecule has 0 unspecified atom stereocenters. The molecule has 2 aliphatic rings. The predicted molar refractivity (Wildman–Crippen MR) is 209 cm³/mol. The number of allylic oxidation sites excluding steroid dienone is 4. The highest BCUT2D eigenvalue weighted by molar-refractivity contribution is 7.86. The van der Waals surface area contributed by atoms with Gasteiger partial charge in [-0.1, -0.05) is 62.4 Å². The minimum Gasteiger partial charge on any atom is -0.344 e. The van der Waals surface area contributed by atoms with Crippen molar-refractivity contribution < 1.29 is 43.5 Å². The molecule has 0 atom stereocenters. The summed E-state index contributed by atoms with van der Waals surface area (Å²) in [6, 6.07) is 20.7. The molecule has 3 N–H and O–H groups in total. The molecule has 0 aliphatic carbocycles. The van der Waals surface area contributed by atoms with Crippen LogP contribution < -0.4 is 4.90 Å². The quantitative estimate of drug-likeness (QED) is 0.0717. The van der Waals surface area contributed by atoms with Gasteiger partial charge >= 0.3 is 0 Å². The Kier molecular flexibility index (Phi) is 10.3. The van der Waals surface area contributed by atoms with Crippen molar-refractivity contribution in [2.75, 3.05) is 29.5 Å². The Morgan fingerprint density at radius 3 is 2.02 bits per heavy atom. The summed E-state index contributed by atoms with van der Waals surface area (Å²) in [7, 11) is -12.7. The van der Waals surface area contributed by atoms with Crippen LogP contribution in [0.1, 0.15) is 64.5 Å². The molecule has 0 aromatic heterocycles. The predicted octanol–water partition coefficient (Wildman–Crippen LogP) is 7.19. The SMILES string of the molecule is CC1(C)C(/C=C/C=C2\N(CCCCS(=O)(=O)O)c3ccc4ccccc4c3C2(C)C)=[N+](CCCCS(=O)(=O)O)c2ccc3c(S(=O)(=O)O)cccc3c21. The molecule has 4 aromatic rings. The second-order valence-corrected chi connectivity index (χ2v) is 19.3. The zero-order valence-corrected chi connectivity index (χ0v) is 32.6. The Bertz CT molecular complexity index is 2550. The summed E-state index contributed by atoms with van der Waals surface area (Å²) in [6.45, 7) is 9.37. The first-order valence-electron chi connectivity index (χ1n) is 17.5. The lowest BCUT2D eigenvalue weighted by molar-refractivity contribution is -0.438. The number of anilines is 1. The van der Waals surface area contributed by atoms with Gasteiger partial charge in [-0.3, -0.25) is 13.7 Å². The summed E-state index contributed by atoms with van der Waals surface area (Å²) >= 11 is 0. The van der Waals surface area contributed by atoms with Crippen LogP contribution in [0.25, 0.3) is 21.5 Å². The van der Waals surface area contributed by atoms with Crippen LogP contribution >= 0.6 is 0 Å². The Balaban J connectivity index is 1.45. The van der Waals surface area contributed by atoms with E-state index in [4.69, 9.17) is 0 Å². The van der Waals surface area contributed by atoms with Gasteiger partial charge in [-0.25, -0.2) is 0 Å². The molecule has 282 valence electrons. The van der Waals surface area contributed by atoms with Crippen LogP contribution in [0.15, 0.2) is 95.6 Å². The van der Waals surface area contributed by atoms with E-state index in [0.29, 0.717) is 43.1 Å². The van der Waals surface area contributed by atoms with Gasteiger partial charge in [0.2, 0.25) is 5.69 Å². The number of nitrogens with zero attached hydrogens (tertiary/aromatic N) is 2. The number of rotatable bonds is 13. The van der Waals surface area contributed by atoms with E-state index >= 15 is 0 Å². The maximum absolute atomic E-state index is 12.3. The second-order valence-electron chi connectivity index (χ2n) is 14.8. The first kappa shape index (κ1) is 38.8.